The Kier molecular flexibility index (Phi) is 6.48. The van der Waals surface area contributed by atoms with Gasteiger partial charge < -0.3 is 20.9 Å². The van der Waals surface area contributed by atoms with Crippen LogP contribution in [0.4, 0.5) is 0 Å². The van der Waals surface area contributed by atoms with Crippen molar-refractivity contribution < 1.29 is 14.6 Å². The number of rotatable bonds is 6. The highest BCUT2D eigenvalue weighted by atomic mass is 16.5. The van der Waals surface area contributed by atoms with Gasteiger partial charge in [-0.3, -0.25) is 4.79 Å². The first-order chi connectivity index (χ1) is 6.11. The quantitative estimate of drug-likeness (QED) is 0.493. The van der Waals surface area contributed by atoms with E-state index in [2.05, 4.69) is 5.32 Å². The van der Waals surface area contributed by atoms with Crippen molar-refractivity contribution in [3.05, 3.63) is 0 Å². The molecule has 0 aromatic carbocycles. The second kappa shape index (κ2) is 6.82. The fourth-order valence-corrected chi connectivity index (χ4v) is 0.786. The first kappa shape index (κ1) is 12.3. The molecular weight excluding hydrogens is 172 g/mol. The van der Waals surface area contributed by atoms with E-state index in [9.17, 15) is 9.90 Å². The fourth-order valence-electron chi connectivity index (χ4n) is 0.786. The number of hydrogen-bond donors (Lipinski definition) is 3. The Morgan fingerprint density at radius 2 is 2.31 bits per heavy atom. The van der Waals surface area contributed by atoms with Gasteiger partial charge in [-0.05, 0) is 6.42 Å². The molecule has 4 N–H and O–H groups in total. The molecule has 13 heavy (non-hydrogen) atoms. The molecule has 0 spiro atoms. The van der Waals surface area contributed by atoms with Crippen LogP contribution in [0.1, 0.15) is 13.3 Å². The molecule has 1 amide bonds. The predicted octanol–water partition coefficient (Wildman–Crippen LogP) is -1.15. The zero-order chi connectivity index (χ0) is 10.3. The summed E-state index contributed by atoms with van der Waals surface area (Å²) in [5.74, 6) is -0.238. The molecular formula is C8H18N2O3. The maximum atomic E-state index is 11.1. The van der Waals surface area contributed by atoms with Crippen molar-refractivity contribution in [2.45, 2.75) is 25.5 Å². The summed E-state index contributed by atoms with van der Waals surface area (Å²) in [6.07, 6.45) is -0.0790. The summed E-state index contributed by atoms with van der Waals surface area (Å²) in [6, 6.07) is -0.491. The highest BCUT2D eigenvalue weighted by Crippen LogP contribution is 1.87. The summed E-state index contributed by atoms with van der Waals surface area (Å²) in [5.41, 5.74) is 5.45. The van der Waals surface area contributed by atoms with Crippen molar-refractivity contribution in [3.63, 3.8) is 0 Å². The van der Waals surface area contributed by atoms with Crippen molar-refractivity contribution in [1.82, 2.24) is 5.32 Å². The average molecular weight is 190 g/mol. The van der Waals surface area contributed by atoms with Gasteiger partial charge in [-0.25, -0.2) is 0 Å². The first-order valence-corrected chi connectivity index (χ1v) is 4.32. The van der Waals surface area contributed by atoms with Crippen LogP contribution in [0, 0.1) is 0 Å². The molecule has 5 heteroatoms. The number of carbonyl (C=O) groups excluding carboxylic acids is 1. The number of ether oxygens (including phenoxy) is 1. The Labute approximate surface area is 78.3 Å². The second-order valence-corrected chi connectivity index (χ2v) is 2.87. The molecule has 0 heterocycles. The lowest BCUT2D eigenvalue weighted by atomic mass is 10.2. The van der Waals surface area contributed by atoms with Crippen molar-refractivity contribution in [1.29, 1.82) is 0 Å². The predicted molar refractivity (Wildman–Crippen MR) is 49.2 cm³/mol. The molecule has 0 aromatic rings. The molecule has 0 bridgehead atoms. The molecule has 0 saturated carbocycles. The van der Waals surface area contributed by atoms with E-state index in [1.165, 1.54) is 7.11 Å². The van der Waals surface area contributed by atoms with Gasteiger partial charge in [0.25, 0.3) is 0 Å². The maximum Gasteiger partial charge on any atom is 0.236 e. The zero-order valence-corrected chi connectivity index (χ0v) is 8.12. The van der Waals surface area contributed by atoms with Gasteiger partial charge in [-0.2, -0.15) is 0 Å². The second-order valence-electron chi connectivity index (χ2n) is 2.87. The summed E-state index contributed by atoms with van der Waals surface area (Å²) in [7, 11) is 1.49. The highest BCUT2D eigenvalue weighted by Gasteiger charge is 2.11. The van der Waals surface area contributed by atoms with Gasteiger partial charge in [0.15, 0.2) is 0 Å². The van der Waals surface area contributed by atoms with Crippen LogP contribution in [0.2, 0.25) is 0 Å². The van der Waals surface area contributed by atoms with Crippen LogP contribution in [-0.2, 0) is 9.53 Å². The number of hydrogen-bond acceptors (Lipinski definition) is 4. The molecule has 0 aliphatic rings. The van der Waals surface area contributed by atoms with Crippen LogP contribution < -0.4 is 11.1 Å². The average Bonchev–Trinajstić information content (AvgIpc) is 2.13. The van der Waals surface area contributed by atoms with Gasteiger partial charge >= 0.3 is 0 Å². The number of aliphatic hydroxyl groups is 1. The van der Waals surface area contributed by atoms with Gasteiger partial charge in [0.2, 0.25) is 5.91 Å². The third-order valence-electron chi connectivity index (χ3n) is 1.65. The number of nitrogens with two attached hydrogens (primary N) is 1. The molecule has 0 aromatic heterocycles. The minimum absolute atomic E-state index is 0.181. The summed E-state index contributed by atoms with van der Waals surface area (Å²) >= 11 is 0. The Hall–Kier alpha value is -0.650. The van der Waals surface area contributed by atoms with Gasteiger partial charge in [0, 0.05) is 13.7 Å². The van der Waals surface area contributed by atoms with Gasteiger partial charge in [0.05, 0.1) is 18.8 Å². The van der Waals surface area contributed by atoms with E-state index in [0.29, 0.717) is 6.42 Å². The maximum absolute atomic E-state index is 11.1. The number of methoxy groups -OCH3 is 1. The van der Waals surface area contributed by atoms with Crippen LogP contribution >= 0.6 is 0 Å². The van der Waals surface area contributed by atoms with Gasteiger partial charge in [-0.1, -0.05) is 6.92 Å². The molecule has 78 valence electrons. The molecule has 5 nitrogen and oxygen atoms in total. The molecule has 0 saturated heterocycles. The summed E-state index contributed by atoms with van der Waals surface area (Å²) in [6.45, 7) is 2.22. The number of amides is 1. The standard InChI is InChI=1S/C8H18N2O3/c1-3-7(9)8(12)10-4-6(11)5-13-2/h6-7,11H,3-5,9H2,1-2H3,(H,10,12)/t6?,7-/m0/s1. The van der Waals surface area contributed by atoms with Gasteiger partial charge in [-0.15, -0.1) is 0 Å². The molecule has 1 unspecified atom stereocenters. The van der Waals surface area contributed by atoms with Crippen LogP contribution in [0.25, 0.3) is 0 Å². The van der Waals surface area contributed by atoms with Crippen molar-refractivity contribution >= 4 is 5.91 Å². The first-order valence-electron chi connectivity index (χ1n) is 4.32. The lowest BCUT2D eigenvalue weighted by molar-refractivity contribution is -0.123. The van der Waals surface area contributed by atoms with E-state index < -0.39 is 12.1 Å². The molecule has 0 radical (unpaired) electrons. The van der Waals surface area contributed by atoms with E-state index in [4.69, 9.17) is 10.5 Å². The van der Waals surface area contributed by atoms with E-state index in [1.807, 2.05) is 6.92 Å². The Morgan fingerprint density at radius 3 is 2.77 bits per heavy atom. The van der Waals surface area contributed by atoms with Crippen LogP contribution in [0.3, 0.4) is 0 Å². The van der Waals surface area contributed by atoms with E-state index >= 15 is 0 Å². The minimum Gasteiger partial charge on any atom is -0.389 e. The number of nitrogens with one attached hydrogen (secondary N) is 1. The largest absolute Gasteiger partial charge is 0.389 e. The number of aliphatic hydroxyl groups excluding tert-OH is 1. The topological polar surface area (TPSA) is 84.6 Å². The molecule has 0 fully saturated rings. The van der Waals surface area contributed by atoms with Crippen molar-refractivity contribution in [2.75, 3.05) is 20.3 Å². The Bertz CT molecular complexity index is 152. The normalized spacial score (nSPS) is 15.1. The smallest absolute Gasteiger partial charge is 0.236 e. The third kappa shape index (κ3) is 5.57. The molecule has 0 aliphatic carbocycles. The monoisotopic (exact) mass is 190 g/mol. The lowest BCUT2D eigenvalue weighted by Gasteiger charge is -2.13. The summed E-state index contributed by atoms with van der Waals surface area (Å²) in [4.78, 5) is 11.1. The highest BCUT2D eigenvalue weighted by molar-refractivity contribution is 5.81. The van der Waals surface area contributed by atoms with E-state index in [1.54, 1.807) is 0 Å². The van der Waals surface area contributed by atoms with Crippen LogP contribution in [0.15, 0.2) is 0 Å². The molecule has 0 rings (SSSR count). The molecule has 2 atom stereocenters. The molecule has 0 aliphatic heterocycles. The van der Waals surface area contributed by atoms with Crippen LogP contribution in [0.5, 0.6) is 0 Å². The summed E-state index contributed by atoms with van der Waals surface area (Å²) in [5, 5.41) is 11.7. The summed E-state index contributed by atoms with van der Waals surface area (Å²) < 4.78 is 4.69. The van der Waals surface area contributed by atoms with E-state index in [-0.39, 0.29) is 19.1 Å². The van der Waals surface area contributed by atoms with Crippen LogP contribution in [-0.4, -0.2) is 43.4 Å². The Morgan fingerprint density at radius 1 is 1.69 bits per heavy atom. The lowest BCUT2D eigenvalue weighted by Crippen LogP contribution is -2.43. The minimum atomic E-state index is -0.669. The van der Waals surface area contributed by atoms with E-state index in [0.717, 1.165) is 0 Å². The third-order valence-corrected chi connectivity index (χ3v) is 1.65. The SMILES string of the molecule is CC[C@H](N)C(=O)NCC(O)COC. The number of carbonyl (C=O) groups is 1. The zero-order valence-electron chi connectivity index (χ0n) is 8.12. The fraction of sp³-hybridized carbons (Fsp3) is 0.875. The van der Waals surface area contributed by atoms with Gasteiger partial charge in [0.1, 0.15) is 0 Å². The Balaban J connectivity index is 3.57. The van der Waals surface area contributed by atoms with Crippen molar-refractivity contribution in [2.24, 2.45) is 5.73 Å². The van der Waals surface area contributed by atoms with Crippen molar-refractivity contribution in [3.8, 4) is 0 Å².